The molecule has 116 valence electrons. The highest BCUT2D eigenvalue weighted by atomic mass is 16.2. The van der Waals surface area contributed by atoms with Gasteiger partial charge < -0.3 is 16.0 Å². The molecule has 0 spiro atoms. The monoisotopic (exact) mass is 291 g/mol. The summed E-state index contributed by atoms with van der Waals surface area (Å²) in [5.41, 5.74) is 6.95. The van der Waals surface area contributed by atoms with Gasteiger partial charge in [0.05, 0.1) is 6.04 Å². The van der Waals surface area contributed by atoms with Crippen molar-refractivity contribution in [3.63, 3.8) is 0 Å². The maximum absolute atomic E-state index is 12.3. The van der Waals surface area contributed by atoms with Crippen LogP contribution in [0.5, 0.6) is 0 Å². The SMILES string of the molecule is CCC[C@H](N)C(=O)Nc1cccc(C(=O)N(CC)CC)c1. The van der Waals surface area contributed by atoms with Crippen LogP contribution >= 0.6 is 0 Å². The molecular weight excluding hydrogens is 266 g/mol. The van der Waals surface area contributed by atoms with Crippen LogP contribution in [-0.4, -0.2) is 35.8 Å². The van der Waals surface area contributed by atoms with Gasteiger partial charge in [0.15, 0.2) is 0 Å². The Balaban J connectivity index is 2.81. The maximum atomic E-state index is 12.3. The van der Waals surface area contributed by atoms with E-state index >= 15 is 0 Å². The van der Waals surface area contributed by atoms with E-state index in [1.54, 1.807) is 29.2 Å². The van der Waals surface area contributed by atoms with Crippen LogP contribution in [0.25, 0.3) is 0 Å². The number of anilines is 1. The summed E-state index contributed by atoms with van der Waals surface area (Å²) in [7, 11) is 0. The van der Waals surface area contributed by atoms with Crippen LogP contribution in [0.4, 0.5) is 5.69 Å². The van der Waals surface area contributed by atoms with Gasteiger partial charge in [-0.1, -0.05) is 19.4 Å². The maximum Gasteiger partial charge on any atom is 0.253 e. The summed E-state index contributed by atoms with van der Waals surface area (Å²) in [6.45, 7) is 7.19. The average molecular weight is 291 g/mol. The minimum Gasteiger partial charge on any atom is -0.339 e. The molecule has 1 aromatic carbocycles. The molecule has 0 aliphatic rings. The van der Waals surface area contributed by atoms with Gasteiger partial charge in [-0.25, -0.2) is 0 Å². The fourth-order valence-corrected chi connectivity index (χ4v) is 2.10. The van der Waals surface area contributed by atoms with E-state index in [-0.39, 0.29) is 11.8 Å². The molecule has 0 saturated heterocycles. The third kappa shape index (κ3) is 4.86. The molecule has 0 bridgehead atoms. The van der Waals surface area contributed by atoms with Gasteiger partial charge in [-0.15, -0.1) is 0 Å². The molecule has 0 radical (unpaired) electrons. The molecule has 0 heterocycles. The van der Waals surface area contributed by atoms with Crippen molar-refractivity contribution in [2.45, 2.75) is 39.7 Å². The van der Waals surface area contributed by atoms with Gasteiger partial charge >= 0.3 is 0 Å². The second-order valence-electron chi connectivity index (χ2n) is 4.94. The molecule has 0 fully saturated rings. The van der Waals surface area contributed by atoms with Gasteiger partial charge in [0, 0.05) is 24.3 Å². The third-order valence-electron chi connectivity index (χ3n) is 3.36. The lowest BCUT2D eigenvalue weighted by molar-refractivity contribution is -0.117. The predicted octanol–water partition coefficient (Wildman–Crippen LogP) is 2.23. The Morgan fingerprint density at radius 1 is 1.24 bits per heavy atom. The highest BCUT2D eigenvalue weighted by Crippen LogP contribution is 2.13. The van der Waals surface area contributed by atoms with Gasteiger partial charge in [0.2, 0.25) is 5.91 Å². The van der Waals surface area contributed by atoms with Crippen molar-refractivity contribution < 1.29 is 9.59 Å². The summed E-state index contributed by atoms with van der Waals surface area (Å²) in [6, 6.07) is 6.45. The zero-order chi connectivity index (χ0) is 15.8. The first-order chi connectivity index (χ1) is 10.0. The second-order valence-corrected chi connectivity index (χ2v) is 4.94. The van der Waals surface area contributed by atoms with E-state index < -0.39 is 6.04 Å². The molecule has 0 aromatic heterocycles. The highest BCUT2D eigenvalue weighted by Gasteiger charge is 2.15. The number of rotatable bonds is 7. The number of nitrogens with one attached hydrogen (secondary N) is 1. The molecule has 5 heteroatoms. The van der Waals surface area contributed by atoms with E-state index in [1.165, 1.54) is 0 Å². The van der Waals surface area contributed by atoms with E-state index in [0.717, 1.165) is 6.42 Å². The average Bonchev–Trinajstić information content (AvgIpc) is 2.48. The predicted molar refractivity (Wildman–Crippen MR) is 85.2 cm³/mol. The van der Waals surface area contributed by atoms with Crippen molar-refractivity contribution in [2.24, 2.45) is 5.73 Å². The standard InChI is InChI=1S/C16H25N3O2/c1-4-8-14(17)15(20)18-13-10-7-9-12(11-13)16(21)19(5-2)6-3/h7,9-11,14H,4-6,8,17H2,1-3H3,(H,18,20)/t14-/m0/s1. The lowest BCUT2D eigenvalue weighted by Gasteiger charge is -2.19. The van der Waals surface area contributed by atoms with Crippen molar-refractivity contribution in [1.82, 2.24) is 4.90 Å². The zero-order valence-electron chi connectivity index (χ0n) is 13.1. The fraction of sp³-hybridized carbons (Fsp3) is 0.500. The van der Waals surface area contributed by atoms with Crippen molar-refractivity contribution in [3.05, 3.63) is 29.8 Å². The van der Waals surface area contributed by atoms with Gasteiger partial charge in [-0.3, -0.25) is 9.59 Å². The molecule has 2 amide bonds. The van der Waals surface area contributed by atoms with Gasteiger partial charge in [0.1, 0.15) is 0 Å². The van der Waals surface area contributed by atoms with Crippen LogP contribution in [0.1, 0.15) is 44.0 Å². The Labute approximate surface area is 126 Å². The number of carbonyl (C=O) groups excluding carboxylic acids is 2. The smallest absolute Gasteiger partial charge is 0.253 e. The molecule has 21 heavy (non-hydrogen) atoms. The van der Waals surface area contributed by atoms with E-state index in [9.17, 15) is 9.59 Å². The van der Waals surface area contributed by atoms with Crippen LogP contribution in [0.3, 0.4) is 0 Å². The van der Waals surface area contributed by atoms with Gasteiger partial charge in [-0.05, 0) is 38.5 Å². The van der Waals surface area contributed by atoms with Crippen molar-refractivity contribution in [3.8, 4) is 0 Å². The van der Waals surface area contributed by atoms with Crippen molar-refractivity contribution >= 4 is 17.5 Å². The van der Waals surface area contributed by atoms with Crippen molar-refractivity contribution in [2.75, 3.05) is 18.4 Å². The lowest BCUT2D eigenvalue weighted by atomic mass is 10.1. The van der Waals surface area contributed by atoms with Crippen LogP contribution in [0, 0.1) is 0 Å². The molecule has 0 aliphatic carbocycles. The minimum atomic E-state index is -0.517. The van der Waals surface area contributed by atoms with Crippen molar-refractivity contribution in [1.29, 1.82) is 0 Å². The molecule has 5 nitrogen and oxygen atoms in total. The molecule has 1 atom stereocenters. The van der Waals surface area contributed by atoms with E-state index in [2.05, 4.69) is 5.32 Å². The Kier molecular flexibility index (Phi) is 6.88. The zero-order valence-corrected chi connectivity index (χ0v) is 13.1. The summed E-state index contributed by atoms with van der Waals surface area (Å²) < 4.78 is 0. The second kappa shape index (κ2) is 8.42. The minimum absolute atomic E-state index is 0.0334. The van der Waals surface area contributed by atoms with E-state index in [0.29, 0.717) is 30.8 Å². The van der Waals surface area contributed by atoms with Gasteiger partial charge in [0.25, 0.3) is 5.91 Å². The number of amides is 2. The van der Waals surface area contributed by atoms with E-state index in [4.69, 9.17) is 5.73 Å². The number of nitrogens with zero attached hydrogens (tertiary/aromatic N) is 1. The summed E-state index contributed by atoms with van der Waals surface area (Å²) in [5.74, 6) is -0.252. The number of nitrogens with two attached hydrogens (primary N) is 1. The molecule has 1 aromatic rings. The molecular formula is C16H25N3O2. The lowest BCUT2D eigenvalue weighted by Crippen LogP contribution is -2.35. The van der Waals surface area contributed by atoms with Crippen LogP contribution in [0.15, 0.2) is 24.3 Å². The Morgan fingerprint density at radius 2 is 1.90 bits per heavy atom. The quantitative estimate of drug-likeness (QED) is 0.809. The first-order valence-electron chi connectivity index (χ1n) is 7.49. The van der Waals surface area contributed by atoms with Crippen LogP contribution in [0.2, 0.25) is 0 Å². The van der Waals surface area contributed by atoms with Crippen LogP contribution in [-0.2, 0) is 4.79 Å². The topological polar surface area (TPSA) is 75.4 Å². The Bertz CT molecular complexity index is 484. The normalized spacial score (nSPS) is 11.8. The highest BCUT2D eigenvalue weighted by molar-refractivity contribution is 5.98. The summed E-state index contributed by atoms with van der Waals surface area (Å²) in [6.07, 6.45) is 1.50. The number of hydrogen-bond donors (Lipinski definition) is 2. The largest absolute Gasteiger partial charge is 0.339 e. The summed E-state index contributed by atoms with van der Waals surface area (Å²) in [5, 5.41) is 2.76. The molecule has 0 saturated carbocycles. The van der Waals surface area contributed by atoms with Gasteiger partial charge in [-0.2, -0.15) is 0 Å². The molecule has 0 unspecified atom stereocenters. The molecule has 1 rings (SSSR count). The first kappa shape index (κ1) is 17.2. The summed E-state index contributed by atoms with van der Waals surface area (Å²) >= 11 is 0. The molecule has 0 aliphatic heterocycles. The summed E-state index contributed by atoms with van der Waals surface area (Å²) in [4.78, 5) is 25.9. The Hall–Kier alpha value is -1.88. The fourth-order valence-electron chi connectivity index (χ4n) is 2.10. The number of benzene rings is 1. The van der Waals surface area contributed by atoms with E-state index in [1.807, 2.05) is 20.8 Å². The Morgan fingerprint density at radius 3 is 2.48 bits per heavy atom. The molecule has 3 N–H and O–H groups in total. The first-order valence-corrected chi connectivity index (χ1v) is 7.49. The van der Waals surface area contributed by atoms with Crippen LogP contribution < -0.4 is 11.1 Å². The third-order valence-corrected chi connectivity index (χ3v) is 3.36. The number of hydrogen-bond acceptors (Lipinski definition) is 3. The number of carbonyl (C=O) groups is 2.